The van der Waals surface area contributed by atoms with Crippen LogP contribution in [0.4, 0.5) is 5.69 Å². The van der Waals surface area contributed by atoms with E-state index in [9.17, 15) is 9.59 Å². The summed E-state index contributed by atoms with van der Waals surface area (Å²) in [5, 5.41) is 2.73. The van der Waals surface area contributed by atoms with E-state index in [1.807, 2.05) is 0 Å². The van der Waals surface area contributed by atoms with Crippen LogP contribution in [0.3, 0.4) is 0 Å². The first-order chi connectivity index (χ1) is 8.57. The molecule has 96 valence electrons. The van der Waals surface area contributed by atoms with Crippen LogP contribution in [0.2, 0.25) is 0 Å². The van der Waals surface area contributed by atoms with Crippen LogP contribution < -0.4 is 10.9 Å². The molecule has 1 aromatic heterocycles. The Morgan fingerprint density at radius 1 is 1.56 bits per heavy atom. The van der Waals surface area contributed by atoms with Gasteiger partial charge in [0.15, 0.2) is 0 Å². The van der Waals surface area contributed by atoms with Crippen LogP contribution in [-0.4, -0.2) is 10.9 Å². The van der Waals surface area contributed by atoms with Crippen molar-refractivity contribution in [1.29, 1.82) is 0 Å². The van der Waals surface area contributed by atoms with Gasteiger partial charge in [0, 0.05) is 5.69 Å². The highest BCUT2D eigenvalue weighted by Crippen LogP contribution is 2.44. The number of anilines is 1. The fraction of sp³-hybridized carbons (Fsp3) is 0.429. The van der Waals surface area contributed by atoms with Crippen molar-refractivity contribution in [3.8, 4) is 0 Å². The summed E-state index contributed by atoms with van der Waals surface area (Å²) in [4.78, 5) is 26.6. The molecule has 4 nitrogen and oxygen atoms in total. The molecular formula is C14H18N2O2. The molecule has 2 N–H and O–H groups in total. The molecule has 0 aliphatic heterocycles. The fourth-order valence-electron chi connectivity index (χ4n) is 2.33. The molecule has 0 aromatic carbocycles. The van der Waals surface area contributed by atoms with Crippen LogP contribution in [0.5, 0.6) is 0 Å². The Morgan fingerprint density at radius 2 is 2.28 bits per heavy atom. The van der Waals surface area contributed by atoms with Gasteiger partial charge in [0.25, 0.3) is 5.56 Å². The Hall–Kier alpha value is -1.84. The Bertz CT molecular complexity index is 527. The Morgan fingerprint density at radius 3 is 2.78 bits per heavy atom. The molecule has 1 aliphatic rings. The molecule has 1 aromatic rings. The first kappa shape index (κ1) is 12.6. The molecular weight excluding hydrogens is 228 g/mol. The molecule has 0 atom stereocenters. The molecule has 1 aliphatic carbocycles. The van der Waals surface area contributed by atoms with E-state index in [0.29, 0.717) is 12.1 Å². The summed E-state index contributed by atoms with van der Waals surface area (Å²) >= 11 is 0. The van der Waals surface area contributed by atoms with E-state index in [1.54, 1.807) is 25.1 Å². The number of aromatic amines is 1. The number of aryl methyl sites for hydroxylation is 1. The van der Waals surface area contributed by atoms with Gasteiger partial charge in [-0.2, -0.15) is 0 Å². The number of hydrogen-bond acceptors (Lipinski definition) is 2. The summed E-state index contributed by atoms with van der Waals surface area (Å²) < 4.78 is 0. The van der Waals surface area contributed by atoms with Gasteiger partial charge in [-0.15, -0.1) is 6.58 Å². The number of pyridine rings is 1. The zero-order valence-corrected chi connectivity index (χ0v) is 10.6. The largest absolute Gasteiger partial charge is 0.325 e. The lowest BCUT2D eigenvalue weighted by Gasteiger charge is -2.39. The van der Waals surface area contributed by atoms with Gasteiger partial charge in [-0.05, 0) is 38.3 Å². The molecule has 1 fully saturated rings. The Balaban J connectivity index is 2.16. The molecule has 0 spiro atoms. The summed E-state index contributed by atoms with van der Waals surface area (Å²) in [5.74, 6) is -0.0667. The summed E-state index contributed by atoms with van der Waals surface area (Å²) in [5.41, 5.74) is 0.499. The van der Waals surface area contributed by atoms with Crippen molar-refractivity contribution in [3.63, 3.8) is 0 Å². The minimum atomic E-state index is -0.348. The van der Waals surface area contributed by atoms with Crippen molar-refractivity contribution in [2.75, 3.05) is 5.32 Å². The lowest BCUT2D eigenvalue weighted by molar-refractivity contribution is -0.130. The predicted molar refractivity (Wildman–Crippen MR) is 71.5 cm³/mol. The minimum absolute atomic E-state index is 0.0667. The molecule has 1 heterocycles. The molecule has 0 saturated heterocycles. The number of hydrogen-bond donors (Lipinski definition) is 2. The molecule has 0 unspecified atom stereocenters. The molecule has 2 rings (SSSR count). The average Bonchev–Trinajstić information content (AvgIpc) is 2.27. The van der Waals surface area contributed by atoms with Crippen LogP contribution in [0.15, 0.2) is 29.6 Å². The molecule has 1 amide bonds. The van der Waals surface area contributed by atoms with Gasteiger partial charge in [0.2, 0.25) is 5.91 Å². The SMILES string of the molecule is C=CCC1(C(=O)Nc2ccc(C)[nH]c2=O)CCC1. The summed E-state index contributed by atoms with van der Waals surface area (Å²) in [6, 6.07) is 3.42. The fourth-order valence-corrected chi connectivity index (χ4v) is 2.33. The maximum Gasteiger partial charge on any atom is 0.271 e. The van der Waals surface area contributed by atoms with Crippen molar-refractivity contribution in [3.05, 3.63) is 40.8 Å². The van der Waals surface area contributed by atoms with Gasteiger partial charge in [-0.1, -0.05) is 12.5 Å². The molecule has 1 saturated carbocycles. The van der Waals surface area contributed by atoms with E-state index in [2.05, 4.69) is 16.9 Å². The number of allylic oxidation sites excluding steroid dienone is 1. The zero-order chi connectivity index (χ0) is 13.2. The Kier molecular flexibility index (Phi) is 3.36. The second-order valence-electron chi connectivity index (χ2n) is 4.96. The van der Waals surface area contributed by atoms with E-state index >= 15 is 0 Å². The van der Waals surface area contributed by atoms with Crippen molar-refractivity contribution in [1.82, 2.24) is 4.98 Å². The first-order valence-electron chi connectivity index (χ1n) is 6.20. The van der Waals surface area contributed by atoms with Crippen molar-refractivity contribution >= 4 is 11.6 Å². The first-order valence-corrected chi connectivity index (χ1v) is 6.20. The van der Waals surface area contributed by atoms with Crippen LogP contribution >= 0.6 is 0 Å². The van der Waals surface area contributed by atoms with E-state index in [0.717, 1.165) is 25.0 Å². The number of rotatable bonds is 4. The maximum atomic E-state index is 12.2. The van der Waals surface area contributed by atoms with Gasteiger partial charge in [-0.3, -0.25) is 9.59 Å². The topological polar surface area (TPSA) is 62.0 Å². The van der Waals surface area contributed by atoms with E-state index in [1.165, 1.54) is 0 Å². The lowest BCUT2D eigenvalue weighted by atomic mass is 9.66. The predicted octanol–water partition coefficient (Wildman–Crippen LogP) is 2.37. The molecule has 0 radical (unpaired) electrons. The third-order valence-electron chi connectivity index (χ3n) is 3.63. The second kappa shape index (κ2) is 4.80. The number of amides is 1. The normalized spacial score (nSPS) is 16.7. The summed E-state index contributed by atoms with van der Waals surface area (Å²) in [7, 11) is 0. The summed E-state index contributed by atoms with van der Waals surface area (Å²) in [6.45, 7) is 5.50. The molecule has 4 heteroatoms. The van der Waals surface area contributed by atoms with Gasteiger partial charge < -0.3 is 10.3 Å². The van der Waals surface area contributed by atoms with E-state index in [4.69, 9.17) is 0 Å². The Labute approximate surface area is 106 Å². The van der Waals surface area contributed by atoms with Crippen molar-refractivity contribution < 1.29 is 4.79 Å². The minimum Gasteiger partial charge on any atom is -0.325 e. The highest BCUT2D eigenvalue weighted by atomic mass is 16.2. The van der Waals surface area contributed by atoms with Crippen molar-refractivity contribution in [2.45, 2.75) is 32.6 Å². The number of carbonyl (C=O) groups excluding carboxylic acids is 1. The van der Waals surface area contributed by atoms with E-state index < -0.39 is 0 Å². The quantitative estimate of drug-likeness (QED) is 0.801. The van der Waals surface area contributed by atoms with Crippen molar-refractivity contribution in [2.24, 2.45) is 5.41 Å². The van der Waals surface area contributed by atoms with Gasteiger partial charge in [0.05, 0.1) is 5.41 Å². The standard InChI is InChI=1S/C14H18N2O2/c1-3-7-14(8-4-9-14)13(18)16-11-6-5-10(2)15-12(11)17/h3,5-6H,1,4,7-9H2,2H3,(H,15,17)(H,16,18). The van der Waals surface area contributed by atoms with E-state index in [-0.39, 0.29) is 16.9 Å². The average molecular weight is 246 g/mol. The molecule has 0 bridgehead atoms. The highest BCUT2D eigenvalue weighted by Gasteiger charge is 2.42. The zero-order valence-electron chi connectivity index (χ0n) is 10.6. The summed E-state index contributed by atoms with van der Waals surface area (Å²) in [6.07, 6.45) is 5.25. The monoisotopic (exact) mass is 246 g/mol. The second-order valence-corrected chi connectivity index (χ2v) is 4.96. The van der Waals surface area contributed by atoms with Crippen LogP contribution in [-0.2, 0) is 4.79 Å². The smallest absolute Gasteiger partial charge is 0.271 e. The van der Waals surface area contributed by atoms with Crippen LogP contribution in [0.1, 0.15) is 31.4 Å². The number of carbonyl (C=O) groups is 1. The number of nitrogens with one attached hydrogen (secondary N) is 2. The van der Waals surface area contributed by atoms with Gasteiger partial charge in [0.1, 0.15) is 5.69 Å². The van der Waals surface area contributed by atoms with Crippen LogP contribution in [0, 0.1) is 12.3 Å². The van der Waals surface area contributed by atoms with Gasteiger partial charge in [-0.25, -0.2) is 0 Å². The third-order valence-corrected chi connectivity index (χ3v) is 3.63. The number of aromatic nitrogens is 1. The van der Waals surface area contributed by atoms with Gasteiger partial charge >= 0.3 is 0 Å². The number of H-pyrrole nitrogens is 1. The van der Waals surface area contributed by atoms with Crippen LogP contribution in [0.25, 0.3) is 0 Å². The molecule has 18 heavy (non-hydrogen) atoms. The highest BCUT2D eigenvalue weighted by molar-refractivity contribution is 5.95. The maximum absolute atomic E-state index is 12.2. The third kappa shape index (κ3) is 2.23. The lowest BCUT2D eigenvalue weighted by Crippen LogP contribution is -2.42.